The first-order valence-corrected chi connectivity index (χ1v) is 7.19. The molecule has 0 saturated heterocycles. The maximum Gasteiger partial charge on any atom is 0.220 e. The highest BCUT2D eigenvalue weighted by molar-refractivity contribution is 5.77. The molecule has 1 aliphatic carbocycles. The normalized spacial score (nSPS) is 20.0. The van der Waals surface area contributed by atoms with Crippen molar-refractivity contribution in [1.82, 2.24) is 10.3 Å². The van der Waals surface area contributed by atoms with E-state index in [2.05, 4.69) is 10.3 Å². The molecule has 1 aromatic carbocycles. The van der Waals surface area contributed by atoms with Crippen LogP contribution >= 0.6 is 0 Å². The Kier molecular flexibility index (Phi) is 3.97. The van der Waals surface area contributed by atoms with Gasteiger partial charge in [0.2, 0.25) is 5.91 Å². The average molecular weight is 282 g/mol. The third-order valence-corrected chi connectivity index (χ3v) is 3.85. The molecule has 2 atom stereocenters. The van der Waals surface area contributed by atoms with Gasteiger partial charge in [-0.15, -0.1) is 0 Å². The lowest BCUT2D eigenvalue weighted by Crippen LogP contribution is -2.34. The van der Waals surface area contributed by atoms with Crippen molar-refractivity contribution < 1.29 is 9.90 Å². The van der Waals surface area contributed by atoms with E-state index in [-0.39, 0.29) is 11.9 Å². The van der Waals surface area contributed by atoms with Crippen LogP contribution in [0.15, 0.2) is 48.7 Å². The van der Waals surface area contributed by atoms with E-state index in [1.165, 1.54) is 0 Å². The second kappa shape index (κ2) is 6.06. The quantitative estimate of drug-likeness (QED) is 0.898. The topological polar surface area (TPSA) is 62.2 Å². The molecule has 0 unspecified atom stereocenters. The molecule has 1 aliphatic rings. The number of aliphatic hydroxyl groups excluding tert-OH is 1. The van der Waals surface area contributed by atoms with Gasteiger partial charge in [0.25, 0.3) is 0 Å². The Hall–Kier alpha value is -2.20. The second-order valence-corrected chi connectivity index (χ2v) is 5.34. The number of fused-ring (bicyclic) bond motifs is 1. The zero-order valence-corrected chi connectivity index (χ0v) is 11.7. The second-order valence-electron chi connectivity index (χ2n) is 5.34. The fourth-order valence-electron chi connectivity index (χ4n) is 2.78. The monoisotopic (exact) mass is 282 g/mol. The molecule has 108 valence electrons. The van der Waals surface area contributed by atoms with E-state index in [1.807, 2.05) is 42.5 Å². The zero-order valence-electron chi connectivity index (χ0n) is 11.7. The Bertz CT molecular complexity index is 628. The van der Waals surface area contributed by atoms with Crippen molar-refractivity contribution in [2.24, 2.45) is 0 Å². The summed E-state index contributed by atoms with van der Waals surface area (Å²) in [6, 6.07) is 13.2. The third-order valence-electron chi connectivity index (χ3n) is 3.85. The molecule has 0 radical (unpaired) electrons. The Labute approximate surface area is 123 Å². The number of amides is 1. The predicted molar refractivity (Wildman–Crippen MR) is 79.6 cm³/mol. The lowest BCUT2D eigenvalue weighted by Gasteiger charge is -2.17. The zero-order chi connectivity index (χ0) is 14.7. The number of benzene rings is 1. The molecule has 1 aromatic heterocycles. The minimum Gasteiger partial charge on any atom is -0.390 e. The first kappa shape index (κ1) is 13.8. The fourth-order valence-corrected chi connectivity index (χ4v) is 2.78. The molecule has 2 aromatic rings. The fraction of sp³-hybridized carbons (Fsp3) is 0.294. The van der Waals surface area contributed by atoms with Crippen LogP contribution in [0.2, 0.25) is 0 Å². The van der Waals surface area contributed by atoms with E-state index in [4.69, 9.17) is 0 Å². The highest BCUT2D eigenvalue weighted by Crippen LogP contribution is 2.31. The van der Waals surface area contributed by atoms with Gasteiger partial charge in [-0.2, -0.15) is 0 Å². The van der Waals surface area contributed by atoms with Gasteiger partial charge in [-0.05, 0) is 29.7 Å². The standard InChI is InChI=1S/C17H18N2O2/c20-15-11-12-5-1-2-7-14(12)17(15)19-16(21)9-8-13-6-3-4-10-18-13/h1-7,10,15,17,20H,8-9,11H2,(H,19,21)/t15-,17+/m1/s1. The van der Waals surface area contributed by atoms with Gasteiger partial charge in [-0.25, -0.2) is 0 Å². The summed E-state index contributed by atoms with van der Waals surface area (Å²) in [5.41, 5.74) is 3.04. The Balaban J connectivity index is 1.60. The highest BCUT2D eigenvalue weighted by Gasteiger charge is 2.31. The molecule has 2 N–H and O–H groups in total. The van der Waals surface area contributed by atoms with Crippen LogP contribution in [-0.4, -0.2) is 22.1 Å². The summed E-state index contributed by atoms with van der Waals surface area (Å²) in [6.45, 7) is 0. The van der Waals surface area contributed by atoms with Gasteiger partial charge in [0.1, 0.15) is 0 Å². The average Bonchev–Trinajstić information content (AvgIpc) is 2.82. The molecular weight excluding hydrogens is 264 g/mol. The van der Waals surface area contributed by atoms with Gasteiger partial charge in [0.05, 0.1) is 12.1 Å². The van der Waals surface area contributed by atoms with Gasteiger partial charge in [-0.3, -0.25) is 9.78 Å². The van der Waals surface area contributed by atoms with Gasteiger partial charge in [-0.1, -0.05) is 30.3 Å². The molecule has 3 rings (SSSR count). The summed E-state index contributed by atoms with van der Waals surface area (Å²) in [6.07, 6.45) is 2.77. The van der Waals surface area contributed by atoms with Crippen molar-refractivity contribution in [3.63, 3.8) is 0 Å². The molecule has 0 bridgehead atoms. The van der Waals surface area contributed by atoms with Gasteiger partial charge in [0.15, 0.2) is 0 Å². The smallest absolute Gasteiger partial charge is 0.220 e. The summed E-state index contributed by atoms with van der Waals surface area (Å²) in [5.74, 6) is -0.0543. The molecule has 1 amide bonds. The van der Waals surface area contributed by atoms with E-state index in [0.29, 0.717) is 19.3 Å². The molecule has 0 saturated carbocycles. The van der Waals surface area contributed by atoms with Crippen molar-refractivity contribution >= 4 is 5.91 Å². The van der Waals surface area contributed by atoms with Crippen LogP contribution in [0.25, 0.3) is 0 Å². The van der Waals surface area contributed by atoms with Gasteiger partial charge >= 0.3 is 0 Å². The maximum absolute atomic E-state index is 12.1. The van der Waals surface area contributed by atoms with E-state index < -0.39 is 6.10 Å². The summed E-state index contributed by atoms with van der Waals surface area (Å²) >= 11 is 0. The van der Waals surface area contributed by atoms with Crippen LogP contribution in [0.5, 0.6) is 0 Å². The van der Waals surface area contributed by atoms with Crippen LogP contribution in [0.1, 0.15) is 29.3 Å². The van der Waals surface area contributed by atoms with Crippen molar-refractivity contribution in [2.45, 2.75) is 31.4 Å². The summed E-state index contributed by atoms with van der Waals surface area (Å²) in [4.78, 5) is 16.3. The molecular formula is C17H18N2O2. The molecule has 0 spiro atoms. The molecule has 1 heterocycles. The van der Waals surface area contributed by atoms with Crippen LogP contribution < -0.4 is 5.32 Å². The number of hydrogen-bond acceptors (Lipinski definition) is 3. The number of pyridine rings is 1. The van der Waals surface area contributed by atoms with Crippen molar-refractivity contribution in [2.75, 3.05) is 0 Å². The Morgan fingerprint density at radius 3 is 2.86 bits per heavy atom. The van der Waals surface area contributed by atoms with Crippen LogP contribution in [-0.2, 0) is 17.6 Å². The largest absolute Gasteiger partial charge is 0.390 e. The van der Waals surface area contributed by atoms with E-state index in [1.54, 1.807) is 6.20 Å². The van der Waals surface area contributed by atoms with E-state index >= 15 is 0 Å². The Morgan fingerprint density at radius 1 is 1.24 bits per heavy atom. The highest BCUT2D eigenvalue weighted by atomic mass is 16.3. The van der Waals surface area contributed by atoms with Gasteiger partial charge < -0.3 is 10.4 Å². The van der Waals surface area contributed by atoms with E-state index in [0.717, 1.165) is 16.8 Å². The number of aliphatic hydroxyl groups is 1. The van der Waals surface area contributed by atoms with Crippen molar-refractivity contribution in [3.8, 4) is 0 Å². The first-order valence-electron chi connectivity index (χ1n) is 7.19. The molecule has 0 fully saturated rings. The van der Waals surface area contributed by atoms with Crippen LogP contribution in [0.4, 0.5) is 0 Å². The summed E-state index contributed by atoms with van der Waals surface area (Å²) < 4.78 is 0. The number of nitrogens with one attached hydrogen (secondary N) is 1. The first-order chi connectivity index (χ1) is 10.2. The molecule has 21 heavy (non-hydrogen) atoms. The maximum atomic E-state index is 12.1. The minimum absolute atomic E-state index is 0.0543. The minimum atomic E-state index is -0.541. The van der Waals surface area contributed by atoms with Crippen molar-refractivity contribution in [1.29, 1.82) is 0 Å². The molecule has 4 heteroatoms. The van der Waals surface area contributed by atoms with Crippen LogP contribution in [0.3, 0.4) is 0 Å². The molecule has 4 nitrogen and oxygen atoms in total. The Morgan fingerprint density at radius 2 is 2.05 bits per heavy atom. The molecule has 0 aliphatic heterocycles. The summed E-state index contributed by atoms with van der Waals surface area (Å²) in [7, 11) is 0. The van der Waals surface area contributed by atoms with Crippen molar-refractivity contribution in [3.05, 3.63) is 65.5 Å². The lowest BCUT2D eigenvalue weighted by molar-refractivity contribution is -0.122. The number of rotatable bonds is 4. The predicted octanol–water partition coefficient (Wildman–Crippen LogP) is 1.79. The number of aryl methyl sites for hydroxylation is 1. The number of hydrogen-bond donors (Lipinski definition) is 2. The number of carbonyl (C=O) groups is 1. The SMILES string of the molecule is O=C(CCc1ccccn1)N[C@H]1c2ccccc2C[C@H]1O. The number of nitrogens with zero attached hydrogens (tertiary/aromatic N) is 1. The number of carbonyl (C=O) groups excluding carboxylic acids is 1. The van der Waals surface area contributed by atoms with E-state index in [9.17, 15) is 9.90 Å². The third kappa shape index (κ3) is 3.11. The van der Waals surface area contributed by atoms with Gasteiger partial charge in [0, 0.05) is 24.7 Å². The summed E-state index contributed by atoms with van der Waals surface area (Å²) in [5, 5.41) is 13.1. The lowest BCUT2D eigenvalue weighted by atomic mass is 10.1. The van der Waals surface area contributed by atoms with Crippen LogP contribution in [0, 0.1) is 0 Å². The number of aromatic nitrogens is 1.